The molecule has 0 N–H and O–H groups in total. The average molecular weight is 205 g/mol. The highest BCUT2D eigenvalue weighted by Gasteiger charge is 2.18. The zero-order chi connectivity index (χ0) is 11.0. The molecule has 0 radical (unpaired) electrons. The SMILES string of the molecule is CCc1c(C(C)=O)cc2n(c1=O)CCC2. The molecule has 0 fully saturated rings. The number of pyridine rings is 1. The number of nitrogens with zero attached hydrogens (tertiary/aromatic N) is 1. The molecule has 0 bridgehead atoms. The number of fused-ring (bicyclic) bond motifs is 1. The van der Waals surface area contributed by atoms with Gasteiger partial charge in [-0.1, -0.05) is 6.92 Å². The number of hydrogen-bond acceptors (Lipinski definition) is 2. The van der Waals surface area contributed by atoms with E-state index in [1.54, 1.807) is 0 Å². The summed E-state index contributed by atoms with van der Waals surface area (Å²) in [6.07, 6.45) is 2.56. The number of hydrogen-bond donors (Lipinski definition) is 0. The summed E-state index contributed by atoms with van der Waals surface area (Å²) in [6, 6.07) is 1.90. The van der Waals surface area contributed by atoms with E-state index in [2.05, 4.69) is 0 Å². The molecule has 0 atom stereocenters. The number of carbonyl (C=O) groups is 1. The van der Waals surface area contributed by atoms with Gasteiger partial charge in [-0.2, -0.15) is 0 Å². The zero-order valence-corrected chi connectivity index (χ0v) is 9.17. The monoisotopic (exact) mass is 205 g/mol. The van der Waals surface area contributed by atoms with Gasteiger partial charge in [0.25, 0.3) is 5.56 Å². The lowest BCUT2D eigenvalue weighted by Gasteiger charge is -2.09. The number of aromatic nitrogens is 1. The Balaban J connectivity index is 2.72. The molecule has 0 aliphatic carbocycles. The number of rotatable bonds is 2. The van der Waals surface area contributed by atoms with Crippen LogP contribution >= 0.6 is 0 Å². The van der Waals surface area contributed by atoms with Crippen LogP contribution in [-0.4, -0.2) is 10.4 Å². The Bertz CT molecular complexity index is 471. The molecule has 3 heteroatoms. The van der Waals surface area contributed by atoms with Crippen LogP contribution in [0.25, 0.3) is 0 Å². The number of ketones is 1. The van der Waals surface area contributed by atoms with Crippen molar-refractivity contribution in [2.24, 2.45) is 0 Å². The van der Waals surface area contributed by atoms with Gasteiger partial charge in [0.05, 0.1) is 0 Å². The lowest BCUT2D eigenvalue weighted by Crippen LogP contribution is -2.25. The quantitative estimate of drug-likeness (QED) is 0.687. The first-order valence-corrected chi connectivity index (χ1v) is 5.41. The van der Waals surface area contributed by atoms with Crippen molar-refractivity contribution >= 4 is 5.78 Å². The minimum absolute atomic E-state index is 0.000694. The van der Waals surface area contributed by atoms with Gasteiger partial charge in [0.15, 0.2) is 5.78 Å². The molecule has 0 saturated carbocycles. The number of aryl methyl sites for hydroxylation is 1. The van der Waals surface area contributed by atoms with Crippen LogP contribution in [0.3, 0.4) is 0 Å². The van der Waals surface area contributed by atoms with E-state index < -0.39 is 0 Å². The highest BCUT2D eigenvalue weighted by Crippen LogP contribution is 2.16. The fourth-order valence-corrected chi connectivity index (χ4v) is 2.27. The first-order valence-electron chi connectivity index (χ1n) is 5.41. The molecular formula is C12H15NO2. The van der Waals surface area contributed by atoms with Crippen molar-refractivity contribution in [2.75, 3.05) is 0 Å². The van der Waals surface area contributed by atoms with Crippen LogP contribution in [0.15, 0.2) is 10.9 Å². The fraction of sp³-hybridized carbons (Fsp3) is 0.500. The third-order valence-corrected chi connectivity index (χ3v) is 3.03. The van der Waals surface area contributed by atoms with Crippen molar-refractivity contribution in [2.45, 2.75) is 39.7 Å². The molecule has 2 rings (SSSR count). The third kappa shape index (κ3) is 1.52. The Morgan fingerprint density at radius 2 is 2.27 bits per heavy atom. The zero-order valence-electron chi connectivity index (χ0n) is 9.17. The molecule has 0 unspecified atom stereocenters. The molecule has 15 heavy (non-hydrogen) atoms. The van der Waals surface area contributed by atoms with Gasteiger partial charge in [0.2, 0.25) is 0 Å². The van der Waals surface area contributed by atoms with Gasteiger partial charge in [-0.15, -0.1) is 0 Å². The maximum atomic E-state index is 12.0. The summed E-state index contributed by atoms with van der Waals surface area (Å²) in [5, 5.41) is 0. The Morgan fingerprint density at radius 1 is 1.53 bits per heavy atom. The van der Waals surface area contributed by atoms with Crippen LogP contribution in [0.5, 0.6) is 0 Å². The van der Waals surface area contributed by atoms with E-state index in [0.717, 1.165) is 25.1 Å². The van der Waals surface area contributed by atoms with E-state index in [1.807, 2.05) is 17.6 Å². The molecule has 1 aliphatic heterocycles. The van der Waals surface area contributed by atoms with Gasteiger partial charge in [-0.25, -0.2) is 0 Å². The van der Waals surface area contributed by atoms with Crippen molar-refractivity contribution in [3.63, 3.8) is 0 Å². The summed E-state index contributed by atoms with van der Waals surface area (Å²) >= 11 is 0. The average Bonchev–Trinajstić information content (AvgIpc) is 2.65. The summed E-state index contributed by atoms with van der Waals surface area (Å²) in [6.45, 7) is 4.25. The van der Waals surface area contributed by atoms with Crippen molar-refractivity contribution in [1.29, 1.82) is 0 Å². The fourth-order valence-electron chi connectivity index (χ4n) is 2.27. The van der Waals surface area contributed by atoms with Gasteiger partial charge in [-0.3, -0.25) is 9.59 Å². The minimum atomic E-state index is -0.000694. The highest BCUT2D eigenvalue weighted by molar-refractivity contribution is 5.95. The Morgan fingerprint density at radius 3 is 2.87 bits per heavy atom. The van der Waals surface area contributed by atoms with Crippen molar-refractivity contribution in [3.05, 3.63) is 33.2 Å². The standard InChI is InChI=1S/C12H15NO2/c1-3-10-11(8(2)14)7-9-5-4-6-13(9)12(10)15/h7H,3-6H2,1-2H3. The normalized spacial score (nSPS) is 14.0. The molecule has 3 nitrogen and oxygen atoms in total. The molecular weight excluding hydrogens is 190 g/mol. The van der Waals surface area contributed by atoms with Crippen molar-refractivity contribution in [1.82, 2.24) is 4.57 Å². The van der Waals surface area contributed by atoms with E-state index in [-0.39, 0.29) is 11.3 Å². The largest absolute Gasteiger partial charge is 0.312 e. The molecule has 0 saturated heterocycles. The van der Waals surface area contributed by atoms with Crippen molar-refractivity contribution in [3.8, 4) is 0 Å². The second-order valence-corrected chi connectivity index (χ2v) is 4.00. The molecule has 0 spiro atoms. The molecule has 2 heterocycles. The topological polar surface area (TPSA) is 39.1 Å². The van der Waals surface area contributed by atoms with Gasteiger partial charge in [-0.05, 0) is 32.3 Å². The first kappa shape index (κ1) is 10.1. The molecule has 80 valence electrons. The lowest BCUT2D eigenvalue weighted by molar-refractivity contribution is 0.101. The first-order chi connectivity index (χ1) is 7.15. The van der Waals surface area contributed by atoms with E-state index in [4.69, 9.17) is 0 Å². The van der Waals surface area contributed by atoms with Gasteiger partial charge in [0, 0.05) is 23.4 Å². The van der Waals surface area contributed by atoms with E-state index in [0.29, 0.717) is 17.5 Å². The van der Waals surface area contributed by atoms with Crippen molar-refractivity contribution < 1.29 is 4.79 Å². The summed E-state index contributed by atoms with van der Waals surface area (Å²) in [4.78, 5) is 23.5. The summed E-state index contributed by atoms with van der Waals surface area (Å²) in [7, 11) is 0. The van der Waals surface area contributed by atoms with E-state index >= 15 is 0 Å². The summed E-state index contributed by atoms with van der Waals surface area (Å²) in [5.74, 6) is -0.000694. The molecule has 1 aliphatic rings. The highest BCUT2D eigenvalue weighted by atomic mass is 16.1. The van der Waals surface area contributed by atoms with Crippen LogP contribution in [0.4, 0.5) is 0 Å². The minimum Gasteiger partial charge on any atom is -0.312 e. The van der Waals surface area contributed by atoms with Crippen LogP contribution < -0.4 is 5.56 Å². The third-order valence-electron chi connectivity index (χ3n) is 3.03. The van der Waals surface area contributed by atoms with Crippen LogP contribution in [0.1, 0.15) is 41.9 Å². The Kier molecular flexibility index (Phi) is 2.47. The van der Waals surface area contributed by atoms with E-state index in [1.165, 1.54) is 6.92 Å². The Hall–Kier alpha value is -1.38. The van der Waals surface area contributed by atoms with Crippen LogP contribution in [-0.2, 0) is 19.4 Å². The maximum absolute atomic E-state index is 12.0. The second kappa shape index (κ2) is 3.65. The van der Waals surface area contributed by atoms with Crippen LogP contribution in [0.2, 0.25) is 0 Å². The summed E-state index contributed by atoms with van der Waals surface area (Å²) in [5.41, 5.74) is 2.35. The molecule has 1 aromatic heterocycles. The smallest absolute Gasteiger partial charge is 0.254 e. The second-order valence-electron chi connectivity index (χ2n) is 4.00. The lowest BCUT2D eigenvalue weighted by atomic mass is 10.0. The summed E-state index contributed by atoms with van der Waals surface area (Å²) < 4.78 is 1.81. The van der Waals surface area contributed by atoms with Crippen LogP contribution in [0, 0.1) is 0 Å². The predicted octanol–water partition coefficient (Wildman–Crippen LogP) is 1.56. The maximum Gasteiger partial charge on any atom is 0.254 e. The molecule has 1 aromatic rings. The number of Topliss-reactive ketones (excluding diaryl/α,β-unsaturated/α-hetero) is 1. The van der Waals surface area contributed by atoms with Gasteiger partial charge in [0.1, 0.15) is 0 Å². The molecule has 0 aromatic carbocycles. The molecule has 0 amide bonds. The predicted molar refractivity (Wildman–Crippen MR) is 58.4 cm³/mol. The Labute approximate surface area is 88.7 Å². The van der Waals surface area contributed by atoms with E-state index in [9.17, 15) is 9.59 Å². The van der Waals surface area contributed by atoms with Gasteiger partial charge >= 0.3 is 0 Å². The van der Waals surface area contributed by atoms with Gasteiger partial charge < -0.3 is 4.57 Å². The number of carbonyl (C=O) groups excluding carboxylic acids is 1.